The number of nitrogens with zero attached hydrogens (tertiary/aromatic N) is 3. The van der Waals surface area contributed by atoms with Gasteiger partial charge in [-0.2, -0.15) is 0 Å². The zero-order valence-corrected chi connectivity index (χ0v) is 13.4. The van der Waals surface area contributed by atoms with Crippen LogP contribution in [0.15, 0.2) is 23.4 Å². The topological polar surface area (TPSA) is 103 Å². The highest BCUT2D eigenvalue weighted by Crippen LogP contribution is 2.26. The molecule has 2 aromatic rings. The van der Waals surface area contributed by atoms with Gasteiger partial charge in [0.15, 0.2) is 0 Å². The summed E-state index contributed by atoms with van der Waals surface area (Å²) >= 11 is 5.99. The molecule has 1 atom stereocenters. The molecule has 0 aliphatic heterocycles. The minimum atomic E-state index is -3.76. The molecule has 2 rings (SSSR count). The summed E-state index contributed by atoms with van der Waals surface area (Å²) < 4.78 is 28.9. The van der Waals surface area contributed by atoms with E-state index in [1.165, 1.54) is 18.5 Å². The standard InChI is InChI=1S/C12H16ClN5O2S/c1-7-10(13)4-9(5-11(7)14)21(19,20)17-8(2)12-16-15-6-18(12)3/h4-6,8,17H,14H2,1-3H3. The summed E-state index contributed by atoms with van der Waals surface area (Å²) in [6, 6.07) is 2.22. The molecule has 0 fully saturated rings. The monoisotopic (exact) mass is 329 g/mol. The van der Waals surface area contributed by atoms with Crippen molar-refractivity contribution in [3.8, 4) is 0 Å². The Morgan fingerprint density at radius 3 is 2.62 bits per heavy atom. The predicted octanol–water partition coefficient (Wildman–Crippen LogP) is 1.40. The molecule has 7 nitrogen and oxygen atoms in total. The lowest BCUT2D eigenvalue weighted by Crippen LogP contribution is -2.28. The second-order valence-electron chi connectivity index (χ2n) is 4.76. The molecular formula is C12H16ClN5O2S. The fourth-order valence-electron chi connectivity index (χ4n) is 1.87. The Hall–Kier alpha value is -1.64. The van der Waals surface area contributed by atoms with Gasteiger partial charge in [-0.15, -0.1) is 10.2 Å². The maximum atomic E-state index is 12.4. The number of benzene rings is 1. The van der Waals surface area contributed by atoms with Crippen LogP contribution in [0.25, 0.3) is 0 Å². The number of nitrogens with one attached hydrogen (secondary N) is 1. The van der Waals surface area contributed by atoms with Gasteiger partial charge in [-0.25, -0.2) is 13.1 Å². The molecule has 114 valence electrons. The lowest BCUT2D eigenvalue weighted by molar-refractivity contribution is 0.553. The van der Waals surface area contributed by atoms with Gasteiger partial charge in [0.1, 0.15) is 12.2 Å². The van der Waals surface area contributed by atoms with Crippen molar-refractivity contribution >= 4 is 27.3 Å². The summed E-state index contributed by atoms with van der Waals surface area (Å²) in [5.41, 5.74) is 6.74. The zero-order valence-electron chi connectivity index (χ0n) is 11.8. The van der Waals surface area contributed by atoms with Crippen LogP contribution in [-0.4, -0.2) is 23.2 Å². The maximum absolute atomic E-state index is 12.4. The molecule has 1 aromatic carbocycles. The molecule has 0 saturated carbocycles. The van der Waals surface area contributed by atoms with Crippen LogP contribution in [0.2, 0.25) is 5.02 Å². The number of sulfonamides is 1. The fraction of sp³-hybridized carbons (Fsp3) is 0.333. The van der Waals surface area contributed by atoms with Gasteiger partial charge in [-0.3, -0.25) is 0 Å². The van der Waals surface area contributed by atoms with Crippen molar-refractivity contribution in [2.24, 2.45) is 7.05 Å². The minimum absolute atomic E-state index is 0.0182. The van der Waals surface area contributed by atoms with Crippen molar-refractivity contribution in [1.82, 2.24) is 19.5 Å². The van der Waals surface area contributed by atoms with E-state index in [1.54, 1.807) is 25.5 Å². The third kappa shape index (κ3) is 3.17. The molecule has 0 aliphatic carbocycles. The highest BCUT2D eigenvalue weighted by molar-refractivity contribution is 7.89. The van der Waals surface area contributed by atoms with E-state index in [2.05, 4.69) is 14.9 Å². The molecule has 1 heterocycles. The molecule has 3 N–H and O–H groups in total. The highest BCUT2D eigenvalue weighted by Gasteiger charge is 2.22. The molecule has 1 aromatic heterocycles. The van der Waals surface area contributed by atoms with Gasteiger partial charge in [0.25, 0.3) is 0 Å². The molecule has 0 spiro atoms. The van der Waals surface area contributed by atoms with Gasteiger partial charge in [0, 0.05) is 17.8 Å². The van der Waals surface area contributed by atoms with Crippen molar-refractivity contribution in [3.63, 3.8) is 0 Å². The first-order valence-corrected chi connectivity index (χ1v) is 8.00. The average Bonchev–Trinajstić information content (AvgIpc) is 2.81. The van der Waals surface area contributed by atoms with E-state index in [9.17, 15) is 8.42 Å². The van der Waals surface area contributed by atoms with Crippen molar-refractivity contribution in [2.45, 2.75) is 24.8 Å². The normalized spacial score (nSPS) is 13.3. The third-order valence-corrected chi connectivity index (χ3v) is 5.05. The predicted molar refractivity (Wildman–Crippen MR) is 80.3 cm³/mol. The van der Waals surface area contributed by atoms with E-state index in [0.717, 1.165) is 0 Å². The number of nitrogen functional groups attached to an aromatic ring is 1. The number of aromatic nitrogens is 3. The molecule has 0 aliphatic rings. The van der Waals surface area contributed by atoms with Gasteiger partial charge in [-0.1, -0.05) is 11.6 Å². The minimum Gasteiger partial charge on any atom is -0.398 e. The van der Waals surface area contributed by atoms with Gasteiger partial charge in [0.2, 0.25) is 10.0 Å². The lowest BCUT2D eigenvalue weighted by atomic mass is 10.2. The van der Waals surface area contributed by atoms with Crippen LogP contribution in [0.4, 0.5) is 5.69 Å². The molecule has 0 amide bonds. The first-order chi connectivity index (χ1) is 9.72. The van der Waals surface area contributed by atoms with Crippen LogP contribution >= 0.6 is 11.6 Å². The second kappa shape index (κ2) is 5.63. The summed E-state index contributed by atoms with van der Waals surface area (Å²) in [7, 11) is -2.02. The number of hydrogen-bond donors (Lipinski definition) is 2. The SMILES string of the molecule is Cc1c(N)cc(S(=O)(=O)NC(C)c2nncn2C)cc1Cl. The van der Waals surface area contributed by atoms with Crippen LogP contribution < -0.4 is 10.5 Å². The van der Waals surface area contributed by atoms with E-state index in [0.29, 0.717) is 22.1 Å². The third-order valence-electron chi connectivity index (χ3n) is 3.13. The van der Waals surface area contributed by atoms with Crippen molar-refractivity contribution in [1.29, 1.82) is 0 Å². The first kappa shape index (κ1) is 15.7. The Morgan fingerprint density at radius 1 is 1.43 bits per heavy atom. The van der Waals surface area contributed by atoms with E-state index in [-0.39, 0.29) is 4.90 Å². The Balaban J connectivity index is 2.33. The van der Waals surface area contributed by atoms with Gasteiger partial charge in [-0.05, 0) is 31.5 Å². The van der Waals surface area contributed by atoms with Crippen molar-refractivity contribution < 1.29 is 8.42 Å². The van der Waals surface area contributed by atoms with Crippen LogP contribution in [-0.2, 0) is 17.1 Å². The molecule has 0 saturated heterocycles. The maximum Gasteiger partial charge on any atom is 0.241 e. The van der Waals surface area contributed by atoms with Crippen LogP contribution in [0.5, 0.6) is 0 Å². The lowest BCUT2D eigenvalue weighted by Gasteiger charge is -2.14. The Kier molecular flexibility index (Phi) is 4.22. The quantitative estimate of drug-likeness (QED) is 0.825. The summed E-state index contributed by atoms with van der Waals surface area (Å²) in [6.07, 6.45) is 1.50. The average molecular weight is 330 g/mol. The van der Waals surface area contributed by atoms with Crippen LogP contribution in [0.1, 0.15) is 24.4 Å². The van der Waals surface area contributed by atoms with Gasteiger partial charge in [0.05, 0.1) is 10.9 Å². The van der Waals surface area contributed by atoms with E-state index < -0.39 is 16.1 Å². The van der Waals surface area contributed by atoms with Crippen LogP contribution in [0.3, 0.4) is 0 Å². The molecule has 0 radical (unpaired) electrons. The second-order valence-corrected chi connectivity index (χ2v) is 6.88. The van der Waals surface area contributed by atoms with E-state index >= 15 is 0 Å². The van der Waals surface area contributed by atoms with Crippen LogP contribution in [0, 0.1) is 6.92 Å². The number of rotatable bonds is 4. The number of nitrogens with two attached hydrogens (primary N) is 1. The summed E-state index contributed by atoms with van der Waals surface area (Å²) in [5, 5.41) is 7.91. The summed E-state index contributed by atoms with van der Waals surface area (Å²) in [4.78, 5) is 0.0182. The molecule has 21 heavy (non-hydrogen) atoms. The fourth-order valence-corrected chi connectivity index (χ4v) is 3.42. The molecular weight excluding hydrogens is 314 g/mol. The molecule has 0 bridgehead atoms. The molecule has 1 unspecified atom stereocenters. The summed E-state index contributed by atoms with van der Waals surface area (Å²) in [6.45, 7) is 3.41. The largest absolute Gasteiger partial charge is 0.398 e. The van der Waals surface area contributed by atoms with Gasteiger partial charge >= 0.3 is 0 Å². The Bertz CT molecular complexity index is 749. The number of hydrogen-bond acceptors (Lipinski definition) is 5. The Morgan fingerprint density at radius 2 is 2.10 bits per heavy atom. The Labute approximate surface area is 128 Å². The number of anilines is 1. The van der Waals surface area contributed by atoms with Crippen molar-refractivity contribution in [3.05, 3.63) is 34.9 Å². The first-order valence-electron chi connectivity index (χ1n) is 6.14. The highest BCUT2D eigenvalue weighted by atomic mass is 35.5. The van der Waals surface area contributed by atoms with Gasteiger partial charge < -0.3 is 10.3 Å². The van der Waals surface area contributed by atoms with Crippen molar-refractivity contribution in [2.75, 3.05) is 5.73 Å². The smallest absolute Gasteiger partial charge is 0.241 e. The van der Waals surface area contributed by atoms with E-state index in [1.807, 2.05) is 0 Å². The van der Waals surface area contributed by atoms with E-state index in [4.69, 9.17) is 17.3 Å². The number of halogens is 1. The number of aryl methyl sites for hydroxylation is 1. The molecule has 9 heteroatoms. The summed E-state index contributed by atoms with van der Waals surface area (Å²) in [5.74, 6) is 0.504. The zero-order chi connectivity index (χ0) is 15.8.